The van der Waals surface area contributed by atoms with Gasteiger partial charge in [-0.05, 0) is 44.0 Å². The highest BCUT2D eigenvalue weighted by molar-refractivity contribution is 5.96. The molecule has 128 valence electrons. The van der Waals surface area contributed by atoms with Crippen molar-refractivity contribution in [3.63, 3.8) is 0 Å². The third-order valence-electron chi connectivity index (χ3n) is 3.67. The van der Waals surface area contributed by atoms with Crippen LogP contribution in [0.15, 0.2) is 24.3 Å². The van der Waals surface area contributed by atoms with E-state index in [1.807, 2.05) is 6.07 Å². The molecule has 1 aromatic heterocycles. The third-order valence-corrected chi connectivity index (χ3v) is 3.67. The average Bonchev–Trinajstić information content (AvgIpc) is 2.82. The first-order valence-electron chi connectivity index (χ1n) is 7.57. The Bertz CT molecular complexity index is 783. The number of amides is 1. The smallest absolute Gasteiger partial charge is 0.326 e. The number of nitrogens with one attached hydrogen (secondary N) is 1. The van der Waals surface area contributed by atoms with Crippen LogP contribution in [-0.4, -0.2) is 32.8 Å². The molecule has 2 aromatic rings. The molecule has 2 N–H and O–H groups in total. The summed E-state index contributed by atoms with van der Waals surface area (Å²) in [4.78, 5) is 23.3. The first-order chi connectivity index (χ1) is 11.2. The molecule has 0 radical (unpaired) electrons. The highest BCUT2D eigenvalue weighted by Gasteiger charge is 2.24. The molecule has 6 nitrogen and oxygen atoms in total. The van der Waals surface area contributed by atoms with Gasteiger partial charge in [0, 0.05) is 11.3 Å². The van der Waals surface area contributed by atoms with Gasteiger partial charge in [-0.3, -0.25) is 4.79 Å². The van der Waals surface area contributed by atoms with Crippen LogP contribution >= 0.6 is 0 Å². The molecule has 0 saturated carbocycles. The Morgan fingerprint density at radius 3 is 2.38 bits per heavy atom. The third kappa shape index (κ3) is 3.61. The lowest BCUT2D eigenvalue weighted by molar-refractivity contribution is -0.140. The fraction of sp³-hybridized carbons (Fsp3) is 0.353. The molecule has 1 aromatic carbocycles. The van der Waals surface area contributed by atoms with Gasteiger partial charge < -0.3 is 10.4 Å². The van der Waals surface area contributed by atoms with Gasteiger partial charge in [0.1, 0.15) is 17.5 Å². The molecule has 0 bridgehead atoms. The van der Waals surface area contributed by atoms with Gasteiger partial charge in [-0.25, -0.2) is 13.9 Å². The van der Waals surface area contributed by atoms with Crippen molar-refractivity contribution < 1.29 is 19.1 Å². The number of aromatic nitrogens is 2. The van der Waals surface area contributed by atoms with Crippen molar-refractivity contribution in [1.29, 1.82) is 0 Å². The molecule has 1 atom stereocenters. The minimum absolute atomic E-state index is 0.0599. The molecule has 7 heteroatoms. The number of nitrogens with zero attached hydrogens (tertiary/aromatic N) is 2. The highest BCUT2D eigenvalue weighted by atomic mass is 19.1. The lowest BCUT2D eigenvalue weighted by Gasteiger charge is -2.18. The van der Waals surface area contributed by atoms with Crippen LogP contribution in [0.2, 0.25) is 0 Å². The number of benzene rings is 1. The molecule has 1 heterocycles. The van der Waals surface area contributed by atoms with Crippen molar-refractivity contribution in [2.45, 2.75) is 33.7 Å². The maximum atomic E-state index is 14.4. The van der Waals surface area contributed by atoms with E-state index in [1.165, 1.54) is 16.8 Å². The van der Waals surface area contributed by atoms with E-state index < -0.39 is 23.7 Å². The SMILES string of the molecule is Cc1cc(C)n(-c2ccc(C(=O)NC(C(=O)O)C(C)C)cc2F)n1. The van der Waals surface area contributed by atoms with E-state index in [0.717, 1.165) is 17.5 Å². The maximum Gasteiger partial charge on any atom is 0.326 e. The quantitative estimate of drug-likeness (QED) is 0.880. The molecule has 0 aliphatic heterocycles. The Kier molecular flexibility index (Phi) is 5.02. The van der Waals surface area contributed by atoms with Gasteiger partial charge in [0.25, 0.3) is 5.91 Å². The Hall–Kier alpha value is -2.70. The zero-order valence-corrected chi connectivity index (χ0v) is 14.0. The van der Waals surface area contributed by atoms with Crippen molar-refractivity contribution in [1.82, 2.24) is 15.1 Å². The van der Waals surface area contributed by atoms with E-state index in [9.17, 15) is 14.0 Å². The lowest BCUT2D eigenvalue weighted by Crippen LogP contribution is -2.44. The van der Waals surface area contributed by atoms with E-state index >= 15 is 0 Å². The number of hydrogen-bond acceptors (Lipinski definition) is 3. The molecule has 0 spiro atoms. The second-order valence-electron chi connectivity index (χ2n) is 6.04. The van der Waals surface area contributed by atoms with Crippen molar-refractivity contribution >= 4 is 11.9 Å². The summed E-state index contributed by atoms with van der Waals surface area (Å²) < 4.78 is 15.8. The number of carboxylic acids is 1. The molecule has 1 amide bonds. The Morgan fingerprint density at radius 1 is 1.25 bits per heavy atom. The van der Waals surface area contributed by atoms with Crippen LogP contribution in [0, 0.1) is 25.6 Å². The number of aryl methyl sites for hydroxylation is 2. The number of carbonyl (C=O) groups is 2. The molecule has 0 aliphatic rings. The molecule has 0 fully saturated rings. The normalized spacial score (nSPS) is 12.2. The van der Waals surface area contributed by atoms with E-state index in [2.05, 4.69) is 10.4 Å². The van der Waals surface area contributed by atoms with Crippen LogP contribution in [0.3, 0.4) is 0 Å². The van der Waals surface area contributed by atoms with Crippen LogP contribution < -0.4 is 5.32 Å². The first kappa shape index (κ1) is 17.7. The van der Waals surface area contributed by atoms with Crippen molar-refractivity contribution in [2.24, 2.45) is 5.92 Å². The summed E-state index contributed by atoms with van der Waals surface area (Å²) in [6.07, 6.45) is 0. The van der Waals surface area contributed by atoms with Crippen molar-refractivity contribution in [2.75, 3.05) is 0 Å². The highest BCUT2D eigenvalue weighted by Crippen LogP contribution is 2.18. The topological polar surface area (TPSA) is 84.2 Å². The predicted octanol–water partition coefficient (Wildman–Crippen LogP) is 2.47. The van der Waals surface area contributed by atoms with Crippen molar-refractivity contribution in [3.8, 4) is 5.69 Å². The number of halogens is 1. The molecule has 24 heavy (non-hydrogen) atoms. The minimum atomic E-state index is -1.13. The van der Waals surface area contributed by atoms with E-state index in [1.54, 1.807) is 27.7 Å². The van der Waals surface area contributed by atoms with Crippen LogP contribution in [0.1, 0.15) is 35.6 Å². The lowest BCUT2D eigenvalue weighted by atomic mass is 10.0. The molecular weight excluding hydrogens is 313 g/mol. The van der Waals surface area contributed by atoms with Gasteiger partial charge >= 0.3 is 5.97 Å². The van der Waals surface area contributed by atoms with E-state index in [4.69, 9.17) is 5.11 Å². The monoisotopic (exact) mass is 333 g/mol. The van der Waals surface area contributed by atoms with Gasteiger partial charge in [0.2, 0.25) is 0 Å². The largest absolute Gasteiger partial charge is 0.480 e. The van der Waals surface area contributed by atoms with Gasteiger partial charge in [-0.2, -0.15) is 5.10 Å². The average molecular weight is 333 g/mol. The Labute approximate surface area is 139 Å². The maximum absolute atomic E-state index is 14.4. The fourth-order valence-electron chi connectivity index (χ4n) is 2.43. The van der Waals surface area contributed by atoms with Gasteiger partial charge in [-0.1, -0.05) is 13.8 Å². The van der Waals surface area contributed by atoms with Crippen LogP contribution in [-0.2, 0) is 4.79 Å². The summed E-state index contributed by atoms with van der Waals surface area (Å²) >= 11 is 0. The number of hydrogen-bond donors (Lipinski definition) is 2. The summed E-state index contributed by atoms with van der Waals surface area (Å²) in [7, 11) is 0. The van der Waals surface area contributed by atoms with Gasteiger partial charge in [0.15, 0.2) is 0 Å². The van der Waals surface area contributed by atoms with Crippen molar-refractivity contribution in [3.05, 3.63) is 47.0 Å². The number of aliphatic carboxylic acids is 1. The Morgan fingerprint density at radius 2 is 1.92 bits per heavy atom. The van der Waals surface area contributed by atoms with E-state index in [0.29, 0.717) is 0 Å². The Balaban J connectivity index is 2.27. The zero-order valence-electron chi connectivity index (χ0n) is 14.0. The summed E-state index contributed by atoms with van der Waals surface area (Å²) in [5, 5.41) is 15.7. The van der Waals surface area contributed by atoms with Gasteiger partial charge in [-0.15, -0.1) is 0 Å². The summed E-state index contributed by atoms with van der Waals surface area (Å²) in [6.45, 7) is 6.98. The van der Waals surface area contributed by atoms with E-state index in [-0.39, 0.29) is 17.2 Å². The van der Waals surface area contributed by atoms with Crippen LogP contribution in [0.25, 0.3) is 5.69 Å². The first-order valence-corrected chi connectivity index (χ1v) is 7.57. The molecule has 1 unspecified atom stereocenters. The molecular formula is C17H20FN3O3. The van der Waals surface area contributed by atoms with Crippen LogP contribution in [0.4, 0.5) is 4.39 Å². The number of rotatable bonds is 5. The molecule has 0 saturated heterocycles. The summed E-state index contributed by atoms with van der Waals surface area (Å²) in [6, 6.07) is 4.77. The second kappa shape index (κ2) is 6.82. The summed E-state index contributed by atoms with van der Waals surface area (Å²) in [5.74, 6) is -2.65. The fourth-order valence-corrected chi connectivity index (χ4v) is 2.43. The van der Waals surface area contributed by atoms with Crippen LogP contribution in [0.5, 0.6) is 0 Å². The second-order valence-corrected chi connectivity index (χ2v) is 6.04. The predicted molar refractivity (Wildman–Crippen MR) is 86.7 cm³/mol. The molecule has 0 aliphatic carbocycles. The standard InChI is InChI=1S/C17H20FN3O3/c1-9(2)15(17(23)24)19-16(22)12-5-6-14(13(18)8-12)21-11(4)7-10(3)20-21/h5-9,15H,1-4H3,(H,19,22)(H,23,24). The summed E-state index contributed by atoms with van der Waals surface area (Å²) in [5.41, 5.74) is 1.82. The molecule has 2 rings (SSSR count). The minimum Gasteiger partial charge on any atom is -0.480 e. The number of carboxylic acid groups (broad SMARTS) is 1. The van der Waals surface area contributed by atoms with Gasteiger partial charge in [0.05, 0.1) is 5.69 Å². The number of carbonyl (C=O) groups excluding carboxylic acids is 1. The zero-order chi connectivity index (χ0) is 18.0.